The monoisotopic (exact) mass is 432 g/mol. The van der Waals surface area contributed by atoms with Gasteiger partial charge in [0.25, 0.3) is 0 Å². The number of sulfonamides is 1. The molecule has 30 heavy (non-hydrogen) atoms. The van der Waals surface area contributed by atoms with Gasteiger partial charge in [-0.1, -0.05) is 31.5 Å². The van der Waals surface area contributed by atoms with Crippen LogP contribution in [0.3, 0.4) is 0 Å². The van der Waals surface area contributed by atoms with Gasteiger partial charge in [0, 0.05) is 18.7 Å². The van der Waals surface area contributed by atoms with Gasteiger partial charge in [-0.05, 0) is 49.2 Å². The summed E-state index contributed by atoms with van der Waals surface area (Å²) < 4.78 is 30.6. The Labute approximate surface area is 178 Å². The van der Waals surface area contributed by atoms with Gasteiger partial charge in [0.2, 0.25) is 15.9 Å². The summed E-state index contributed by atoms with van der Waals surface area (Å²) in [6.45, 7) is 2.62. The van der Waals surface area contributed by atoms with Crippen LogP contribution in [0.25, 0.3) is 0 Å². The molecule has 0 aliphatic rings. The third kappa shape index (κ3) is 7.51. The highest BCUT2D eigenvalue weighted by molar-refractivity contribution is 7.92. The Morgan fingerprint density at radius 1 is 1.00 bits per heavy atom. The van der Waals surface area contributed by atoms with Crippen molar-refractivity contribution in [2.45, 2.75) is 32.6 Å². The SMILES string of the molecule is CCCCOC(=O)c1ccc(NC(=O)CCCN(c2ccccc2)S(C)(=O)=O)cc1. The van der Waals surface area contributed by atoms with Crippen molar-refractivity contribution in [3.63, 3.8) is 0 Å². The molecule has 0 aromatic heterocycles. The highest BCUT2D eigenvalue weighted by Crippen LogP contribution is 2.18. The molecule has 2 aromatic carbocycles. The predicted octanol–water partition coefficient (Wildman–Crippen LogP) is 3.83. The summed E-state index contributed by atoms with van der Waals surface area (Å²) in [7, 11) is -3.44. The van der Waals surface area contributed by atoms with Gasteiger partial charge in [0.05, 0.1) is 24.1 Å². The fourth-order valence-electron chi connectivity index (χ4n) is 2.77. The van der Waals surface area contributed by atoms with Crippen LogP contribution < -0.4 is 9.62 Å². The number of amides is 1. The number of benzene rings is 2. The van der Waals surface area contributed by atoms with Crippen molar-refractivity contribution < 1.29 is 22.7 Å². The van der Waals surface area contributed by atoms with Gasteiger partial charge < -0.3 is 10.1 Å². The van der Waals surface area contributed by atoms with Gasteiger partial charge in [0.1, 0.15) is 0 Å². The van der Waals surface area contributed by atoms with E-state index in [2.05, 4.69) is 5.32 Å². The van der Waals surface area contributed by atoms with Gasteiger partial charge in [-0.15, -0.1) is 0 Å². The summed E-state index contributed by atoms with van der Waals surface area (Å²) in [5.74, 6) is -0.613. The molecule has 0 atom stereocenters. The molecule has 0 saturated carbocycles. The first-order valence-electron chi connectivity index (χ1n) is 9.91. The van der Waals surface area contributed by atoms with Crippen molar-refractivity contribution in [2.75, 3.05) is 29.0 Å². The molecule has 0 radical (unpaired) electrons. The normalized spacial score (nSPS) is 11.0. The zero-order valence-corrected chi connectivity index (χ0v) is 18.2. The lowest BCUT2D eigenvalue weighted by atomic mass is 10.2. The van der Waals surface area contributed by atoms with Gasteiger partial charge in [-0.25, -0.2) is 13.2 Å². The van der Waals surface area contributed by atoms with E-state index in [9.17, 15) is 18.0 Å². The molecule has 0 heterocycles. The maximum absolute atomic E-state index is 12.2. The van der Waals surface area contributed by atoms with Crippen molar-refractivity contribution in [1.29, 1.82) is 0 Å². The molecule has 0 aliphatic carbocycles. The highest BCUT2D eigenvalue weighted by atomic mass is 32.2. The zero-order chi connectivity index (χ0) is 22.0. The fourth-order valence-corrected chi connectivity index (χ4v) is 3.73. The molecule has 162 valence electrons. The van der Waals surface area contributed by atoms with Gasteiger partial charge in [-0.2, -0.15) is 0 Å². The van der Waals surface area contributed by atoms with E-state index in [1.54, 1.807) is 48.5 Å². The number of carbonyl (C=O) groups is 2. The molecule has 0 saturated heterocycles. The predicted molar refractivity (Wildman–Crippen MR) is 118 cm³/mol. The van der Waals surface area contributed by atoms with Crippen LogP contribution in [0.4, 0.5) is 11.4 Å². The maximum atomic E-state index is 12.2. The summed E-state index contributed by atoms with van der Waals surface area (Å²) in [5, 5.41) is 2.75. The molecule has 0 fully saturated rings. The van der Waals surface area contributed by atoms with E-state index >= 15 is 0 Å². The van der Waals surface area contributed by atoms with E-state index in [0.29, 0.717) is 30.0 Å². The smallest absolute Gasteiger partial charge is 0.338 e. The van der Waals surface area contributed by atoms with E-state index in [0.717, 1.165) is 19.1 Å². The standard InChI is InChI=1S/C22H28N2O5S/c1-3-4-17-29-22(26)18-12-14-19(15-13-18)23-21(25)11-8-16-24(30(2,27)28)20-9-6-5-7-10-20/h5-7,9-10,12-15H,3-4,8,11,16-17H2,1-2H3,(H,23,25). The molecule has 7 nitrogen and oxygen atoms in total. The van der Waals surface area contributed by atoms with Crippen molar-refractivity contribution in [2.24, 2.45) is 0 Å². The number of para-hydroxylation sites is 1. The van der Waals surface area contributed by atoms with Crippen molar-refractivity contribution >= 4 is 33.3 Å². The second kappa shape index (κ2) is 11.3. The molecule has 8 heteroatoms. The number of nitrogens with one attached hydrogen (secondary N) is 1. The quantitative estimate of drug-likeness (QED) is 0.430. The Kier molecular flexibility index (Phi) is 8.86. The molecule has 0 aliphatic heterocycles. The lowest BCUT2D eigenvalue weighted by Crippen LogP contribution is -2.31. The Morgan fingerprint density at radius 3 is 2.27 bits per heavy atom. The second-order valence-corrected chi connectivity index (χ2v) is 8.80. The number of nitrogens with zero attached hydrogens (tertiary/aromatic N) is 1. The zero-order valence-electron chi connectivity index (χ0n) is 17.3. The second-order valence-electron chi connectivity index (χ2n) is 6.89. The van der Waals surface area contributed by atoms with Crippen molar-refractivity contribution in [3.8, 4) is 0 Å². The lowest BCUT2D eigenvalue weighted by Gasteiger charge is -2.22. The number of anilines is 2. The van der Waals surface area contributed by atoms with Crippen LogP contribution in [-0.4, -0.2) is 39.7 Å². The van der Waals surface area contributed by atoms with E-state index in [-0.39, 0.29) is 24.8 Å². The minimum atomic E-state index is -3.44. The topological polar surface area (TPSA) is 92.8 Å². The van der Waals surface area contributed by atoms with E-state index < -0.39 is 10.0 Å². The van der Waals surface area contributed by atoms with Crippen molar-refractivity contribution in [1.82, 2.24) is 0 Å². The summed E-state index contributed by atoms with van der Waals surface area (Å²) in [5.41, 5.74) is 1.56. The summed E-state index contributed by atoms with van der Waals surface area (Å²) >= 11 is 0. The van der Waals surface area contributed by atoms with E-state index in [1.807, 2.05) is 13.0 Å². The largest absolute Gasteiger partial charge is 0.462 e. The number of rotatable bonds is 11. The Hall–Kier alpha value is -2.87. The third-order valence-corrected chi connectivity index (χ3v) is 5.54. The molecule has 2 aromatic rings. The van der Waals surface area contributed by atoms with Crippen LogP contribution in [0.2, 0.25) is 0 Å². The average Bonchev–Trinajstić information content (AvgIpc) is 2.71. The Balaban J connectivity index is 1.84. The van der Waals surface area contributed by atoms with E-state index in [4.69, 9.17) is 4.74 Å². The summed E-state index contributed by atoms with van der Waals surface area (Å²) in [4.78, 5) is 24.1. The molecular formula is C22H28N2O5S. The minimum Gasteiger partial charge on any atom is -0.462 e. The van der Waals surface area contributed by atoms with Crippen molar-refractivity contribution in [3.05, 3.63) is 60.2 Å². The maximum Gasteiger partial charge on any atom is 0.338 e. The number of unbranched alkanes of at least 4 members (excludes halogenated alkanes) is 1. The first kappa shape index (κ1) is 23.4. The summed E-state index contributed by atoms with van der Waals surface area (Å²) in [6.07, 6.45) is 3.46. The van der Waals surface area contributed by atoms with Gasteiger partial charge >= 0.3 is 5.97 Å². The van der Waals surface area contributed by atoms with E-state index in [1.165, 1.54) is 4.31 Å². The van der Waals surface area contributed by atoms with Gasteiger partial charge in [0.15, 0.2) is 0 Å². The lowest BCUT2D eigenvalue weighted by molar-refractivity contribution is -0.116. The van der Waals surface area contributed by atoms with Crippen LogP contribution in [0.15, 0.2) is 54.6 Å². The number of hydrogen-bond donors (Lipinski definition) is 1. The third-order valence-electron chi connectivity index (χ3n) is 4.34. The van der Waals surface area contributed by atoms with Crippen LogP contribution in [0, 0.1) is 0 Å². The molecule has 0 spiro atoms. The average molecular weight is 433 g/mol. The Morgan fingerprint density at radius 2 is 1.67 bits per heavy atom. The number of carbonyl (C=O) groups excluding carboxylic acids is 2. The summed E-state index contributed by atoms with van der Waals surface area (Å²) in [6, 6.07) is 15.3. The number of esters is 1. The Bertz CT molecular complexity index is 928. The van der Waals surface area contributed by atoms with Crippen LogP contribution >= 0.6 is 0 Å². The van der Waals surface area contributed by atoms with Crippen LogP contribution in [0.1, 0.15) is 43.0 Å². The highest BCUT2D eigenvalue weighted by Gasteiger charge is 2.17. The van der Waals surface area contributed by atoms with Crippen LogP contribution in [0.5, 0.6) is 0 Å². The molecule has 1 N–H and O–H groups in total. The number of hydrogen-bond acceptors (Lipinski definition) is 5. The van der Waals surface area contributed by atoms with Crippen LogP contribution in [-0.2, 0) is 19.6 Å². The first-order chi connectivity index (χ1) is 14.3. The molecule has 1 amide bonds. The fraction of sp³-hybridized carbons (Fsp3) is 0.364. The molecular weight excluding hydrogens is 404 g/mol. The molecule has 0 unspecified atom stereocenters. The minimum absolute atomic E-state index is 0.166. The number of ether oxygens (including phenoxy) is 1. The molecule has 2 rings (SSSR count). The first-order valence-corrected chi connectivity index (χ1v) is 11.8. The molecule has 0 bridgehead atoms. The van der Waals surface area contributed by atoms with Gasteiger partial charge in [-0.3, -0.25) is 9.10 Å².